The quantitative estimate of drug-likeness (QED) is 0.726. The van der Waals surface area contributed by atoms with Gasteiger partial charge < -0.3 is 15.2 Å². The van der Waals surface area contributed by atoms with Gasteiger partial charge >= 0.3 is 5.97 Å². The monoisotopic (exact) mass is 378 g/mol. The van der Waals surface area contributed by atoms with Gasteiger partial charge in [-0.05, 0) is 69.1 Å². The van der Waals surface area contributed by atoms with Crippen LogP contribution in [-0.2, 0) is 11.3 Å². The van der Waals surface area contributed by atoms with Gasteiger partial charge in [-0.1, -0.05) is 12.1 Å². The lowest BCUT2D eigenvalue weighted by Gasteiger charge is -2.30. The number of fused-ring (bicyclic) bond motifs is 1. The van der Waals surface area contributed by atoms with Gasteiger partial charge in [-0.2, -0.15) is 0 Å². The SMILES string of the molecule is Cc1ccc(-c2nc3ccc(N)cn3c2CN2CCC(C(=O)O)CC2)cc1C. The molecule has 146 valence electrons. The van der Waals surface area contributed by atoms with Crippen LogP contribution < -0.4 is 5.73 Å². The number of hydrogen-bond donors (Lipinski definition) is 2. The highest BCUT2D eigenvalue weighted by molar-refractivity contribution is 5.70. The summed E-state index contributed by atoms with van der Waals surface area (Å²) in [6.45, 7) is 6.50. The van der Waals surface area contributed by atoms with Crippen molar-refractivity contribution >= 4 is 17.3 Å². The number of nitrogens with zero attached hydrogens (tertiary/aromatic N) is 3. The van der Waals surface area contributed by atoms with Gasteiger partial charge in [0.05, 0.1) is 17.3 Å². The van der Waals surface area contributed by atoms with Crippen molar-refractivity contribution in [1.82, 2.24) is 14.3 Å². The number of carbonyl (C=O) groups is 1. The van der Waals surface area contributed by atoms with Crippen molar-refractivity contribution in [2.24, 2.45) is 5.92 Å². The first-order valence-electron chi connectivity index (χ1n) is 9.71. The van der Waals surface area contributed by atoms with E-state index in [9.17, 15) is 9.90 Å². The number of carboxylic acid groups (broad SMARTS) is 1. The molecule has 3 aromatic rings. The van der Waals surface area contributed by atoms with Gasteiger partial charge in [0, 0.05) is 24.0 Å². The third kappa shape index (κ3) is 3.47. The number of pyridine rings is 1. The van der Waals surface area contributed by atoms with Crippen LogP contribution in [0.2, 0.25) is 0 Å². The molecule has 1 fully saturated rings. The normalized spacial score (nSPS) is 15.9. The van der Waals surface area contributed by atoms with Gasteiger partial charge in [-0.25, -0.2) is 4.98 Å². The van der Waals surface area contributed by atoms with Crippen LogP contribution in [-0.4, -0.2) is 38.4 Å². The molecule has 0 radical (unpaired) electrons. The molecule has 0 bridgehead atoms. The Kier molecular flexibility index (Phi) is 4.81. The van der Waals surface area contributed by atoms with Crippen molar-refractivity contribution in [1.29, 1.82) is 0 Å². The number of nitrogens with two attached hydrogens (primary N) is 1. The third-order valence-electron chi connectivity index (χ3n) is 5.83. The average Bonchev–Trinajstić information content (AvgIpc) is 3.02. The summed E-state index contributed by atoms with van der Waals surface area (Å²) in [6.07, 6.45) is 3.30. The van der Waals surface area contributed by atoms with Crippen molar-refractivity contribution in [3.05, 3.63) is 53.3 Å². The van der Waals surface area contributed by atoms with Crippen LogP contribution in [0.25, 0.3) is 16.9 Å². The van der Waals surface area contributed by atoms with E-state index in [0.29, 0.717) is 18.5 Å². The van der Waals surface area contributed by atoms with E-state index in [2.05, 4.69) is 41.3 Å². The lowest BCUT2D eigenvalue weighted by Crippen LogP contribution is -2.36. The Morgan fingerprint density at radius 2 is 1.93 bits per heavy atom. The second-order valence-electron chi connectivity index (χ2n) is 7.79. The minimum atomic E-state index is -0.682. The van der Waals surface area contributed by atoms with Crippen LogP contribution in [0.3, 0.4) is 0 Å². The van der Waals surface area contributed by atoms with Gasteiger partial charge in [0.25, 0.3) is 0 Å². The molecule has 1 aliphatic rings. The number of aliphatic carboxylic acids is 1. The Labute approximate surface area is 164 Å². The first-order valence-corrected chi connectivity index (χ1v) is 9.71. The number of carboxylic acids is 1. The molecule has 6 nitrogen and oxygen atoms in total. The summed E-state index contributed by atoms with van der Waals surface area (Å²) in [5, 5.41) is 9.25. The number of benzene rings is 1. The summed E-state index contributed by atoms with van der Waals surface area (Å²) in [5.41, 5.74) is 13.3. The summed E-state index contributed by atoms with van der Waals surface area (Å²) in [4.78, 5) is 18.4. The van der Waals surface area contributed by atoms with E-state index < -0.39 is 5.97 Å². The summed E-state index contributed by atoms with van der Waals surface area (Å²) in [7, 11) is 0. The van der Waals surface area contributed by atoms with Crippen molar-refractivity contribution in [3.8, 4) is 11.3 Å². The number of anilines is 1. The molecule has 3 heterocycles. The topological polar surface area (TPSA) is 83.9 Å². The highest BCUT2D eigenvalue weighted by Crippen LogP contribution is 2.29. The molecule has 0 unspecified atom stereocenters. The Morgan fingerprint density at radius 3 is 2.61 bits per heavy atom. The zero-order valence-corrected chi connectivity index (χ0v) is 16.4. The maximum absolute atomic E-state index is 11.2. The summed E-state index contributed by atoms with van der Waals surface area (Å²) < 4.78 is 2.07. The van der Waals surface area contributed by atoms with Crippen LogP contribution in [0, 0.1) is 19.8 Å². The number of piperidine rings is 1. The van der Waals surface area contributed by atoms with E-state index in [-0.39, 0.29) is 5.92 Å². The predicted octanol–water partition coefficient (Wildman–Crippen LogP) is 3.50. The van der Waals surface area contributed by atoms with Gasteiger partial charge in [-0.3, -0.25) is 9.69 Å². The van der Waals surface area contributed by atoms with Crippen LogP contribution in [0.1, 0.15) is 29.7 Å². The first-order chi connectivity index (χ1) is 13.4. The fourth-order valence-electron chi connectivity index (χ4n) is 3.93. The van der Waals surface area contributed by atoms with E-state index in [0.717, 1.165) is 42.2 Å². The molecule has 6 heteroatoms. The molecule has 1 aromatic carbocycles. The van der Waals surface area contributed by atoms with E-state index >= 15 is 0 Å². The van der Waals surface area contributed by atoms with E-state index in [1.165, 1.54) is 11.1 Å². The fraction of sp³-hybridized carbons (Fsp3) is 0.364. The smallest absolute Gasteiger partial charge is 0.306 e. The van der Waals surface area contributed by atoms with Crippen LogP contribution in [0.5, 0.6) is 0 Å². The maximum atomic E-state index is 11.2. The summed E-state index contributed by atoms with van der Waals surface area (Å²) in [6, 6.07) is 10.2. The van der Waals surface area contributed by atoms with Crippen LogP contribution in [0.15, 0.2) is 36.5 Å². The molecular weight excluding hydrogens is 352 g/mol. The largest absolute Gasteiger partial charge is 0.481 e. The highest BCUT2D eigenvalue weighted by atomic mass is 16.4. The number of rotatable bonds is 4. The fourth-order valence-corrected chi connectivity index (χ4v) is 3.93. The molecule has 2 aromatic heterocycles. The third-order valence-corrected chi connectivity index (χ3v) is 5.83. The zero-order valence-electron chi connectivity index (χ0n) is 16.4. The number of nitrogen functional groups attached to an aromatic ring is 1. The Hall–Kier alpha value is -2.86. The molecule has 0 atom stereocenters. The standard InChI is InChI=1S/C22H26N4O2/c1-14-3-4-17(11-15(14)2)21-19(26-12-18(23)5-6-20(26)24-21)13-25-9-7-16(8-10-25)22(27)28/h3-6,11-12,16H,7-10,13,23H2,1-2H3,(H,27,28). The highest BCUT2D eigenvalue weighted by Gasteiger charge is 2.26. The van der Waals surface area contributed by atoms with Crippen molar-refractivity contribution in [3.63, 3.8) is 0 Å². The molecule has 3 N–H and O–H groups in total. The Bertz CT molecular complexity index is 1030. The Morgan fingerprint density at radius 1 is 1.18 bits per heavy atom. The minimum absolute atomic E-state index is 0.228. The van der Waals surface area contributed by atoms with Gasteiger partial charge in [0.1, 0.15) is 5.65 Å². The van der Waals surface area contributed by atoms with Crippen molar-refractivity contribution in [2.45, 2.75) is 33.2 Å². The number of imidazole rings is 1. The average molecular weight is 378 g/mol. The van der Waals surface area contributed by atoms with E-state index in [4.69, 9.17) is 10.7 Å². The molecule has 1 aliphatic heterocycles. The second-order valence-corrected chi connectivity index (χ2v) is 7.79. The molecular formula is C22H26N4O2. The lowest BCUT2D eigenvalue weighted by atomic mass is 9.97. The molecule has 0 saturated carbocycles. The molecule has 4 rings (SSSR count). The molecule has 28 heavy (non-hydrogen) atoms. The molecule has 0 amide bonds. The van der Waals surface area contributed by atoms with Crippen LogP contribution >= 0.6 is 0 Å². The minimum Gasteiger partial charge on any atom is -0.481 e. The molecule has 1 saturated heterocycles. The van der Waals surface area contributed by atoms with E-state index in [1.54, 1.807) is 0 Å². The first kappa shape index (κ1) is 18.5. The second kappa shape index (κ2) is 7.28. The molecule has 0 spiro atoms. The lowest BCUT2D eigenvalue weighted by molar-refractivity contribution is -0.143. The van der Waals surface area contributed by atoms with E-state index in [1.807, 2.05) is 18.3 Å². The summed E-state index contributed by atoms with van der Waals surface area (Å²) >= 11 is 0. The predicted molar refractivity (Wildman–Crippen MR) is 110 cm³/mol. The van der Waals surface area contributed by atoms with Gasteiger partial charge in [0.2, 0.25) is 0 Å². The zero-order chi connectivity index (χ0) is 19.8. The number of aromatic nitrogens is 2. The maximum Gasteiger partial charge on any atom is 0.306 e. The molecule has 0 aliphatic carbocycles. The number of hydrogen-bond acceptors (Lipinski definition) is 4. The Balaban J connectivity index is 1.72. The number of aryl methyl sites for hydroxylation is 2. The van der Waals surface area contributed by atoms with Gasteiger partial charge in [0.15, 0.2) is 0 Å². The van der Waals surface area contributed by atoms with Crippen LogP contribution in [0.4, 0.5) is 5.69 Å². The van der Waals surface area contributed by atoms with Crippen molar-refractivity contribution in [2.75, 3.05) is 18.8 Å². The number of likely N-dealkylation sites (tertiary alicyclic amines) is 1. The summed E-state index contributed by atoms with van der Waals surface area (Å²) in [5.74, 6) is -0.911. The van der Waals surface area contributed by atoms with Crippen molar-refractivity contribution < 1.29 is 9.90 Å². The van der Waals surface area contributed by atoms with Gasteiger partial charge in [-0.15, -0.1) is 0 Å².